The summed E-state index contributed by atoms with van der Waals surface area (Å²) in [5, 5.41) is 0.741. The number of nitrogens with zero attached hydrogens (tertiary/aromatic N) is 1. The number of hydrogen-bond donors (Lipinski definition) is 1. The van der Waals surface area contributed by atoms with Crippen molar-refractivity contribution in [3.8, 4) is 0 Å². The number of aromatic amines is 1. The van der Waals surface area contributed by atoms with Crippen molar-refractivity contribution in [3.63, 3.8) is 0 Å². The lowest BCUT2D eigenvalue weighted by Gasteiger charge is -2.01. The first-order chi connectivity index (χ1) is 8.25. The van der Waals surface area contributed by atoms with Crippen molar-refractivity contribution < 1.29 is 0 Å². The van der Waals surface area contributed by atoms with Crippen LogP contribution < -0.4 is 5.56 Å². The Hall–Kier alpha value is -1.26. The summed E-state index contributed by atoms with van der Waals surface area (Å²) < 4.78 is 0. The van der Waals surface area contributed by atoms with Gasteiger partial charge in [0.1, 0.15) is 0 Å². The molecule has 0 aliphatic rings. The predicted octanol–water partition coefficient (Wildman–Crippen LogP) is 2.76. The van der Waals surface area contributed by atoms with Crippen LogP contribution in [0.1, 0.15) is 5.56 Å². The zero-order valence-corrected chi connectivity index (χ0v) is 10.6. The molecule has 0 fully saturated rings. The molecular weight excluding hydrogens is 256 g/mol. The molecule has 0 aliphatic carbocycles. The maximum atomic E-state index is 11.4. The van der Waals surface area contributed by atoms with E-state index < -0.39 is 0 Å². The molecule has 1 aromatic carbocycles. The Morgan fingerprint density at radius 1 is 1.29 bits per heavy atom. The molecule has 17 heavy (non-hydrogen) atoms. The maximum absolute atomic E-state index is 11.4. The van der Waals surface area contributed by atoms with Gasteiger partial charge in [0.15, 0.2) is 0 Å². The van der Waals surface area contributed by atoms with Crippen molar-refractivity contribution in [2.75, 3.05) is 5.75 Å². The fraction of sp³-hybridized carbons (Fsp3) is 0.167. The maximum Gasteiger partial charge on any atom is 0.264 e. The molecule has 88 valence electrons. The van der Waals surface area contributed by atoms with Gasteiger partial charge in [-0.05, 0) is 24.1 Å². The second-order valence-electron chi connectivity index (χ2n) is 3.47. The van der Waals surface area contributed by atoms with E-state index in [2.05, 4.69) is 9.97 Å². The highest BCUT2D eigenvalue weighted by Gasteiger charge is 2.00. The Morgan fingerprint density at radius 2 is 2.06 bits per heavy atom. The minimum atomic E-state index is -0.0823. The summed E-state index contributed by atoms with van der Waals surface area (Å²) in [6, 6.07) is 7.74. The fourth-order valence-electron chi connectivity index (χ4n) is 1.36. The Bertz CT molecular complexity index is 539. The number of rotatable bonds is 4. The summed E-state index contributed by atoms with van der Waals surface area (Å²) in [5.74, 6) is 0.844. The topological polar surface area (TPSA) is 45.8 Å². The van der Waals surface area contributed by atoms with Gasteiger partial charge < -0.3 is 4.98 Å². The van der Waals surface area contributed by atoms with Gasteiger partial charge in [-0.25, -0.2) is 4.98 Å². The van der Waals surface area contributed by atoms with Crippen LogP contribution in [-0.4, -0.2) is 15.7 Å². The van der Waals surface area contributed by atoms with Crippen LogP contribution in [0, 0.1) is 0 Å². The smallest absolute Gasteiger partial charge is 0.264 e. The summed E-state index contributed by atoms with van der Waals surface area (Å²) >= 11 is 7.31. The summed E-state index contributed by atoms with van der Waals surface area (Å²) in [7, 11) is 0. The summed E-state index contributed by atoms with van der Waals surface area (Å²) in [5.41, 5.74) is 1.13. The number of hydrogen-bond acceptors (Lipinski definition) is 3. The van der Waals surface area contributed by atoms with Crippen molar-refractivity contribution in [3.05, 3.63) is 57.7 Å². The highest BCUT2D eigenvalue weighted by molar-refractivity contribution is 7.99. The number of benzene rings is 1. The molecule has 2 aromatic rings. The van der Waals surface area contributed by atoms with Crippen molar-refractivity contribution in [2.45, 2.75) is 11.3 Å². The van der Waals surface area contributed by atoms with E-state index in [1.807, 2.05) is 24.3 Å². The van der Waals surface area contributed by atoms with Gasteiger partial charge in [-0.3, -0.25) is 4.79 Å². The van der Waals surface area contributed by atoms with Crippen molar-refractivity contribution in [1.82, 2.24) is 9.97 Å². The fourth-order valence-corrected chi connectivity index (χ4v) is 2.37. The molecule has 0 radical (unpaired) electrons. The molecule has 0 unspecified atom stereocenters. The van der Waals surface area contributed by atoms with Crippen LogP contribution in [0.15, 0.2) is 46.5 Å². The van der Waals surface area contributed by atoms with Gasteiger partial charge in [0, 0.05) is 17.0 Å². The van der Waals surface area contributed by atoms with Gasteiger partial charge in [0.2, 0.25) is 0 Å². The molecule has 3 nitrogen and oxygen atoms in total. The zero-order valence-electron chi connectivity index (χ0n) is 9.02. The predicted molar refractivity (Wildman–Crippen MR) is 70.7 cm³/mol. The van der Waals surface area contributed by atoms with Crippen molar-refractivity contribution >= 4 is 23.4 Å². The molecule has 0 saturated carbocycles. The molecule has 0 amide bonds. The second-order valence-corrected chi connectivity index (χ2v) is 5.04. The molecule has 0 spiro atoms. The normalized spacial score (nSPS) is 10.4. The summed E-state index contributed by atoms with van der Waals surface area (Å²) in [6.07, 6.45) is 3.88. The minimum Gasteiger partial charge on any atom is -0.312 e. The van der Waals surface area contributed by atoms with Crippen LogP contribution in [0.25, 0.3) is 0 Å². The van der Waals surface area contributed by atoms with E-state index in [1.165, 1.54) is 23.7 Å². The van der Waals surface area contributed by atoms with Crippen molar-refractivity contribution in [2.24, 2.45) is 0 Å². The zero-order chi connectivity index (χ0) is 12.1. The van der Waals surface area contributed by atoms with E-state index in [1.54, 1.807) is 6.20 Å². The van der Waals surface area contributed by atoms with E-state index in [4.69, 9.17) is 11.6 Å². The van der Waals surface area contributed by atoms with Gasteiger partial charge in [0.25, 0.3) is 5.56 Å². The van der Waals surface area contributed by atoms with Gasteiger partial charge in [-0.15, -0.1) is 11.8 Å². The third kappa shape index (κ3) is 3.61. The third-order valence-electron chi connectivity index (χ3n) is 2.25. The van der Waals surface area contributed by atoms with E-state index >= 15 is 0 Å². The number of nitrogens with one attached hydrogen (secondary N) is 1. The monoisotopic (exact) mass is 266 g/mol. The molecule has 1 N–H and O–H groups in total. The van der Waals surface area contributed by atoms with E-state index in [0.717, 1.165) is 17.2 Å². The molecule has 1 heterocycles. The first-order valence-corrected chi connectivity index (χ1v) is 6.52. The summed E-state index contributed by atoms with van der Waals surface area (Å²) in [6.45, 7) is 0. The minimum absolute atomic E-state index is 0.0823. The standard InChI is InChI=1S/C12H11ClN2OS/c13-10-3-1-9(2-4-10)5-6-17-11-7-14-8-15-12(11)16/h1-4,7-8H,5-6H2,(H,14,15,16). The number of aryl methyl sites for hydroxylation is 1. The first-order valence-electron chi connectivity index (χ1n) is 5.15. The van der Waals surface area contributed by atoms with Gasteiger partial charge >= 0.3 is 0 Å². The van der Waals surface area contributed by atoms with Crippen LogP contribution in [0.5, 0.6) is 0 Å². The number of thioether (sulfide) groups is 1. The first kappa shape index (κ1) is 12.2. The molecule has 0 bridgehead atoms. The molecular formula is C12H11ClN2OS. The van der Waals surface area contributed by atoms with E-state index in [9.17, 15) is 4.79 Å². The quantitative estimate of drug-likeness (QED) is 0.866. The largest absolute Gasteiger partial charge is 0.312 e. The SMILES string of the molecule is O=c1[nH]cncc1SCCc1ccc(Cl)cc1. The summed E-state index contributed by atoms with van der Waals surface area (Å²) in [4.78, 5) is 18.5. The molecule has 1 aromatic heterocycles. The van der Waals surface area contributed by atoms with Crippen LogP contribution in [0.2, 0.25) is 5.02 Å². The number of halogens is 1. The number of H-pyrrole nitrogens is 1. The molecule has 0 saturated heterocycles. The van der Waals surface area contributed by atoms with Crippen LogP contribution in [0.3, 0.4) is 0 Å². The Morgan fingerprint density at radius 3 is 2.76 bits per heavy atom. The Balaban J connectivity index is 1.90. The second kappa shape index (κ2) is 5.89. The molecule has 2 rings (SSSR count). The van der Waals surface area contributed by atoms with Crippen LogP contribution in [0.4, 0.5) is 0 Å². The molecule has 0 atom stereocenters. The van der Waals surface area contributed by atoms with Gasteiger partial charge in [-0.2, -0.15) is 0 Å². The van der Waals surface area contributed by atoms with E-state index in [-0.39, 0.29) is 5.56 Å². The highest BCUT2D eigenvalue weighted by atomic mass is 35.5. The van der Waals surface area contributed by atoms with Gasteiger partial charge in [-0.1, -0.05) is 23.7 Å². The lowest BCUT2D eigenvalue weighted by atomic mass is 10.2. The van der Waals surface area contributed by atoms with Crippen molar-refractivity contribution in [1.29, 1.82) is 0 Å². The lowest BCUT2D eigenvalue weighted by Crippen LogP contribution is -2.08. The average Bonchev–Trinajstić information content (AvgIpc) is 2.34. The Kier molecular flexibility index (Phi) is 4.23. The number of aromatic nitrogens is 2. The van der Waals surface area contributed by atoms with Crippen LogP contribution >= 0.6 is 23.4 Å². The van der Waals surface area contributed by atoms with Gasteiger partial charge in [0.05, 0.1) is 11.2 Å². The average molecular weight is 267 g/mol. The van der Waals surface area contributed by atoms with Crippen LogP contribution in [-0.2, 0) is 6.42 Å². The molecule has 0 aliphatic heterocycles. The van der Waals surface area contributed by atoms with E-state index in [0.29, 0.717) is 4.90 Å². The Labute approximate surface area is 108 Å². The molecule has 5 heteroatoms. The lowest BCUT2D eigenvalue weighted by molar-refractivity contribution is 1.04. The third-order valence-corrected chi connectivity index (χ3v) is 3.51. The highest BCUT2D eigenvalue weighted by Crippen LogP contribution is 2.15.